The number of hydrogen-bond acceptors (Lipinski definition) is 6. The van der Waals surface area contributed by atoms with Crippen LogP contribution in [0, 0.1) is 13.8 Å². The monoisotopic (exact) mass is 451 g/mol. The number of nitrogens with one attached hydrogen (secondary N) is 1. The minimum absolute atomic E-state index is 0.0353. The molecule has 0 saturated heterocycles. The highest BCUT2D eigenvalue weighted by Gasteiger charge is 2.44. The van der Waals surface area contributed by atoms with E-state index < -0.39 is 5.60 Å². The first-order valence-electron chi connectivity index (χ1n) is 11.4. The summed E-state index contributed by atoms with van der Waals surface area (Å²) >= 11 is 0. The molecule has 0 radical (unpaired) electrons. The van der Waals surface area contributed by atoms with E-state index in [0.29, 0.717) is 22.5 Å². The van der Waals surface area contributed by atoms with Crippen LogP contribution in [0.1, 0.15) is 54.0 Å². The molecule has 5 aromatic rings. The van der Waals surface area contributed by atoms with E-state index in [1.165, 1.54) is 0 Å². The second-order valence-corrected chi connectivity index (χ2v) is 9.41. The minimum atomic E-state index is -1.62. The molecule has 1 saturated carbocycles. The van der Waals surface area contributed by atoms with Crippen LogP contribution < -0.4 is 0 Å². The summed E-state index contributed by atoms with van der Waals surface area (Å²) in [7, 11) is 0. The molecule has 4 aromatic heterocycles. The fourth-order valence-electron chi connectivity index (χ4n) is 4.70. The van der Waals surface area contributed by atoms with E-state index in [1.807, 2.05) is 56.3 Å². The highest BCUT2D eigenvalue weighted by molar-refractivity contribution is 5.88. The molecule has 170 valence electrons. The van der Waals surface area contributed by atoms with Crippen LogP contribution in [0.5, 0.6) is 0 Å². The average Bonchev–Trinajstić information content (AvgIpc) is 3.31. The zero-order valence-corrected chi connectivity index (χ0v) is 19.3. The van der Waals surface area contributed by atoms with Gasteiger partial charge in [-0.1, -0.05) is 24.2 Å². The van der Waals surface area contributed by atoms with Gasteiger partial charge in [-0.3, -0.25) is 9.97 Å². The first-order valence-corrected chi connectivity index (χ1v) is 11.4. The lowest BCUT2D eigenvalue weighted by atomic mass is 9.83. The quantitative estimate of drug-likeness (QED) is 0.392. The molecule has 2 N–H and O–H groups in total. The van der Waals surface area contributed by atoms with Crippen molar-refractivity contribution in [3.05, 3.63) is 95.2 Å². The second-order valence-electron chi connectivity index (χ2n) is 9.41. The third-order valence-corrected chi connectivity index (χ3v) is 6.94. The molecule has 1 aliphatic carbocycles. The van der Waals surface area contributed by atoms with Crippen LogP contribution >= 0.6 is 0 Å². The smallest absolute Gasteiger partial charge is 0.176 e. The molecule has 6 rings (SSSR count). The van der Waals surface area contributed by atoms with Gasteiger partial charge in [0.15, 0.2) is 5.60 Å². The van der Waals surface area contributed by atoms with E-state index in [4.69, 9.17) is 9.51 Å². The number of hydrogen-bond donors (Lipinski definition) is 2. The maximum absolute atomic E-state index is 12.5. The van der Waals surface area contributed by atoms with Gasteiger partial charge >= 0.3 is 0 Å². The highest BCUT2D eigenvalue weighted by Crippen LogP contribution is 2.48. The van der Waals surface area contributed by atoms with Gasteiger partial charge in [0, 0.05) is 28.9 Å². The van der Waals surface area contributed by atoms with E-state index in [2.05, 4.69) is 33.1 Å². The van der Waals surface area contributed by atoms with Gasteiger partial charge in [0.2, 0.25) is 0 Å². The summed E-state index contributed by atoms with van der Waals surface area (Å²) in [6.07, 6.45) is 5.53. The number of rotatable bonds is 5. The molecule has 0 atom stereocenters. The predicted octanol–water partition coefficient (Wildman–Crippen LogP) is 4.96. The lowest BCUT2D eigenvalue weighted by molar-refractivity contribution is 0.117. The van der Waals surface area contributed by atoms with Crippen LogP contribution in [-0.4, -0.2) is 30.2 Å². The number of imidazole rings is 1. The molecule has 0 spiro atoms. The molecule has 0 amide bonds. The van der Waals surface area contributed by atoms with Gasteiger partial charge in [-0.25, -0.2) is 4.98 Å². The predicted molar refractivity (Wildman–Crippen MR) is 128 cm³/mol. The first kappa shape index (κ1) is 20.7. The van der Waals surface area contributed by atoms with Crippen LogP contribution in [0.15, 0.2) is 65.4 Å². The molecule has 0 unspecified atom stereocenters. The number of aryl methyl sites for hydroxylation is 2. The Bertz CT molecular complexity index is 1440. The zero-order valence-electron chi connectivity index (χ0n) is 19.3. The van der Waals surface area contributed by atoms with Crippen LogP contribution in [0.2, 0.25) is 0 Å². The molecule has 0 aliphatic heterocycles. The van der Waals surface area contributed by atoms with Crippen molar-refractivity contribution in [1.29, 1.82) is 0 Å². The molecule has 1 aliphatic rings. The Balaban J connectivity index is 1.71. The standard InChI is InChI=1S/C27H25N5O2/c1-16-23(17(2)34-32-16)18-14-19(24-20(15-18)30-25(31-24)26(3)10-11-26)27(33,21-8-4-6-12-28-21)22-9-5-7-13-29-22/h4-9,12-15,33H,10-11H2,1-3H3,(H,30,31). The van der Waals surface area contributed by atoms with Gasteiger partial charge in [0.05, 0.1) is 28.1 Å². The van der Waals surface area contributed by atoms with Gasteiger partial charge in [0.25, 0.3) is 0 Å². The maximum atomic E-state index is 12.5. The van der Waals surface area contributed by atoms with Crippen molar-refractivity contribution in [3.8, 4) is 11.1 Å². The van der Waals surface area contributed by atoms with Crippen molar-refractivity contribution in [2.75, 3.05) is 0 Å². The maximum Gasteiger partial charge on any atom is 0.176 e. The van der Waals surface area contributed by atoms with Gasteiger partial charge in [-0.2, -0.15) is 0 Å². The highest BCUT2D eigenvalue weighted by atomic mass is 16.5. The summed E-state index contributed by atoms with van der Waals surface area (Å²) in [5.74, 6) is 1.65. The summed E-state index contributed by atoms with van der Waals surface area (Å²) < 4.78 is 5.46. The SMILES string of the molecule is Cc1noc(C)c1-c1cc(C(O)(c2ccccn2)c2ccccn2)c2nc(C3(C)CC3)[nH]c2c1. The summed E-state index contributed by atoms with van der Waals surface area (Å²) in [5.41, 5.74) is 4.13. The van der Waals surface area contributed by atoms with Crippen LogP contribution in [-0.2, 0) is 11.0 Å². The molecular formula is C27H25N5O2. The van der Waals surface area contributed by atoms with Gasteiger partial charge < -0.3 is 14.6 Å². The van der Waals surface area contributed by atoms with E-state index in [1.54, 1.807) is 12.4 Å². The van der Waals surface area contributed by atoms with Crippen molar-refractivity contribution in [1.82, 2.24) is 25.1 Å². The summed E-state index contributed by atoms with van der Waals surface area (Å²) in [6.45, 7) is 6.03. The number of aromatic amines is 1. The molecule has 0 bridgehead atoms. The van der Waals surface area contributed by atoms with Crippen molar-refractivity contribution in [2.24, 2.45) is 0 Å². The van der Waals surface area contributed by atoms with Gasteiger partial charge in [-0.15, -0.1) is 0 Å². The van der Waals surface area contributed by atoms with Crippen molar-refractivity contribution < 1.29 is 9.63 Å². The number of benzene rings is 1. The average molecular weight is 452 g/mol. The Morgan fingerprint density at radius 3 is 2.21 bits per heavy atom. The molecular weight excluding hydrogens is 426 g/mol. The third-order valence-electron chi connectivity index (χ3n) is 6.94. The van der Waals surface area contributed by atoms with Crippen LogP contribution in [0.4, 0.5) is 0 Å². The summed E-state index contributed by atoms with van der Waals surface area (Å²) in [4.78, 5) is 17.7. The molecule has 1 aromatic carbocycles. The normalized spacial score (nSPS) is 15.1. The third kappa shape index (κ3) is 3.08. The summed E-state index contributed by atoms with van der Waals surface area (Å²) in [5, 5.41) is 16.6. The van der Waals surface area contributed by atoms with Crippen molar-refractivity contribution in [2.45, 2.75) is 44.6 Å². The number of H-pyrrole nitrogens is 1. The van der Waals surface area contributed by atoms with Crippen molar-refractivity contribution in [3.63, 3.8) is 0 Å². The molecule has 4 heterocycles. The van der Waals surface area contributed by atoms with E-state index in [0.717, 1.165) is 46.8 Å². The molecule has 1 fully saturated rings. The largest absolute Gasteiger partial charge is 0.373 e. The Kier molecular flexibility index (Phi) is 4.47. The fourth-order valence-corrected chi connectivity index (χ4v) is 4.70. The van der Waals surface area contributed by atoms with Gasteiger partial charge in [-0.05, 0) is 68.7 Å². The van der Waals surface area contributed by atoms with Crippen LogP contribution in [0.25, 0.3) is 22.2 Å². The molecule has 7 nitrogen and oxygen atoms in total. The van der Waals surface area contributed by atoms with E-state index in [9.17, 15) is 5.11 Å². The number of aliphatic hydroxyl groups is 1. The Morgan fingerprint density at radius 1 is 1.00 bits per heavy atom. The number of pyridine rings is 2. The van der Waals surface area contributed by atoms with E-state index in [-0.39, 0.29) is 5.41 Å². The van der Waals surface area contributed by atoms with Crippen LogP contribution in [0.3, 0.4) is 0 Å². The number of aromatic nitrogens is 5. The van der Waals surface area contributed by atoms with Crippen molar-refractivity contribution >= 4 is 11.0 Å². The Labute approximate surface area is 196 Å². The molecule has 7 heteroatoms. The Hall–Kier alpha value is -3.84. The summed E-state index contributed by atoms with van der Waals surface area (Å²) in [6, 6.07) is 15.1. The minimum Gasteiger partial charge on any atom is -0.373 e. The molecule has 34 heavy (non-hydrogen) atoms. The topological polar surface area (TPSA) is 101 Å². The van der Waals surface area contributed by atoms with E-state index >= 15 is 0 Å². The second kappa shape index (κ2) is 7.33. The lowest BCUT2D eigenvalue weighted by Gasteiger charge is -2.28. The lowest BCUT2D eigenvalue weighted by Crippen LogP contribution is -2.31. The van der Waals surface area contributed by atoms with Gasteiger partial charge in [0.1, 0.15) is 11.6 Å². The first-order chi connectivity index (χ1) is 16.4. The zero-order chi connectivity index (χ0) is 23.5. The Morgan fingerprint density at radius 2 is 1.68 bits per heavy atom. The number of fused-ring (bicyclic) bond motifs is 1. The number of nitrogens with zero attached hydrogens (tertiary/aromatic N) is 4. The fraction of sp³-hybridized carbons (Fsp3) is 0.259.